The maximum atomic E-state index is 14.0. The second-order valence-corrected chi connectivity index (χ2v) is 6.49. The van der Waals surface area contributed by atoms with E-state index in [4.69, 9.17) is 5.73 Å². The van der Waals surface area contributed by atoms with E-state index in [2.05, 4.69) is 13.8 Å². The Bertz CT molecular complexity index is 468. The van der Waals surface area contributed by atoms with Crippen LogP contribution in [0, 0.1) is 29.9 Å². The first-order valence-corrected chi connectivity index (χ1v) is 7.04. The highest BCUT2D eigenvalue weighted by molar-refractivity contribution is 5.29. The zero-order valence-electron chi connectivity index (χ0n) is 12.0. The molecule has 0 bridgehead atoms. The molecule has 2 N–H and O–H groups in total. The van der Waals surface area contributed by atoms with Crippen LogP contribution in [0.3, 0.4) is 0 Å². The number of aryl methyl sites for hydroxylation is 1. The van der Waals surface area contributed by atoms with Crippen molar-refractivity contribution in [2.75, 3.05) is 0 Å². The molecule has 0 heterocycles. The minimum Gasteiger partial charge on any atom is -0.324 e. The van der Waals surface area contributed by atoms with Crippen molar-refractivity contribution in [2.24, 2.45) is 17.1 Å². The fourth-order valence-corrected chi connectivity index (χ4v) is 3.34. The van der Waals surface area contributed by atoms with E-state index in [1.165, 1.54) is 6.42 Å². The highest BCUT2D eigenvalue weighted by Gasteiger charge is 2.37. The first-order valence-electron chi connectivity index (χ1n) is 7.04. The molecule has 106 valence electrons. The third-order valence-corrected chi connectivity index (χ3v) is 4.66. The van der Waals surface area contributed by atoms with E-state index in [1.54, 1.807) is 13.0 Å². The van der Waals surface area contributed by atoms with E-state index < -0.39 is 11.6 Å². The van der Waals surface area contributed by atoms with Crippen LogP contribution in [0.4, 0.5) is 8.78 Å². The summed E-state index contributed by atoms with van der Waals surface area (Å²) in [5, 5.41) is 0. The number of hydrogen-bond donors (Lipinski definition) is 1. The van der Waals surface area contributed by atoms with Gasteiger partial charge in [0.25, 0.3) is 0 Å². The molecule has 1 aliphatic carbocycles. The Morgan fingerprint density at radius 2 is 1.89 bits per heavy atom. The van der Waals surface area contributed by atoms with Crippen molar-refractivity contribution < 1.29 is 8.78 Å². The molecule has 1 nitrogen and oxygen atoms in total. The summed E-state index contributed by atoms with van der Waals surface area (Å²) in [6.45, 7) is 6.05. The van der Waals surface area contributed by atoms with Gasteiger partial charge in [-0.05, 0) is 42.7 Å². The molecule has 2 atom stereocenters. The van der Waals surface area contributed by atoms with Gasteiger partial charge in [-0.1, -0.05) is 26.7 Å². The van der Waals surface area contributed by atoms with Gasteiger partial charge in [0.2, 0.25) is 0 Å². The van der Waals surface area contributed by atoms with Crippen LogP contribution in [0.5, 0.6) is 0 Å². The van der Waals surface area contributed by atoms with Crippen LogP contribution in [-0.4, -0.2) is 0 Å². The van der Waals surface area contributed by atoms with Crippen LogP contribution < -0.4 is 5.73 Å². The summed E-state index contributed by atoms with van der Waals surface area (Å²) in [7, 11) is 0. The average molecular weight is 267 g/mol. The number of halogens is 2. The van der Waals surface area contributed by atoms with Gasteiger partial charge in [0.15, 0.2) is 0 Å². The zero-order valence-corrected chi connectivity index (χ0v) is 12.0. The summed E-state index contributed by atoms with van der Waals surface area (Å²) >= 11 is 0. The van der Waals surface area contributed by atoms with E-state index in [-0.39, 0.29) is 17.4 Å². The van der Waals surface area contributed by atoms with Crippen LogP contribution >= 0.6 is 0 Å². The van der Waals surface area contributed by atoms with Crippen molar-refractivity contribution in [3.63, 3.8) is 0 Å². The summed E-state index contributed by atoms with van der Waals surface area (Å²) in [6, 6.07) is 2.18. The second-order valence-electron chi connectivity index (χ2n) is 6.49. The quantitative estimate of drug-likeness (QED) is 0.839. The smallest absolute Gasteiger partial charge is 0.130 e. The molecule has 2 unspecified atom stereocenters. The fourth-order valence-electron chi connectivity index (χ4n) is 3.34. The Labute approximate surface area is 114 Å². The molecular formula is C16H23F2N. The van der Waals surface area contributed by atoms with E-state index in [0.29, 0.717) is 11.1 Å². The molecule has 0 aromatic heterocycles. The number of hydrogen-bond acceptors (Lipinski definition) is 1. The number of benzene rings is 1. The minimum atomic E-state index is -0.517. The van der Waals surface area contributed by atoms with Gasteiger partial charge >= 0.3 is 0 Å². The first kappa shape index (κ1) is 14.4. The Morgan fingerprint density at radius 1 is 1.21 bits per heavy atom. The zero-order chi connectivity index (χ0) is 14.2. The Hall–Kier alpha value is -0.960. The largest absolute Gasteiger partial charge is 0.324 e. The van der Waals surface area contributed by atoms with Crippen LogP contribution in [0.25, 0.3) is 0 Å². The lowest BCUT2D eigenvalue weighted by atomic mass is 9.65. The fraction of sp³-hybridized carbons (Fsp3) is 0.625. The van der Waals surface area contributed by atoms with Gasteiger partial charge < -0.3 is 5.73 Å². The van der Waals surface area contributed by atoms with E-state index in [9.17, 15) is 8.78 Å². The summed E-state index contributed by atoms with van der Waals surface area (Å²) < 4.78 is 27.3. The van der Waals surface area contributed by atoms with E-state index in [0.717, 1.165) is 25.3 Å². The second kappa shape index (κ2) is 5.20. The molecule has 0 saturated heterocycles. The molecule has 2 rings (SSSR count). The van der Waals surface area contributed by atoms with Gasteiger partial charge in [-0.15, -0.1) is 0 Å². The Morgan fingerprint density at radius 3 is 2.53 bits per heavy atom. The molecule has 1 aromatic rings. The van der Waals surface area contributed by atoms with Crippen molar-refractivity contribution in [1.29, 1.82) is 0 Å². The number of rotatable bonds is 2. The topological polar surface area (TPSA) is 26.0 Å². The Kier molecular flexibility index (Phi) is 3.95. The monoisotopic (exact) mass is 267 g/mol. The minimum absolute atomic E-state index is 0.117. The summed E-state index contributed by atoms with van der Waals surface area (Å²) in [5.74, 6) is -0.770. The summed E-state index contributed by atoms with van der Waals surface area (Å²) in [6.07, 6.45) is 4.49. The molecule has 3 heteroatoms. The Balaban J connectivity index is 2.33. The molecule has 0 aliphatic heterocycles. The number of nitrogens with two attached hydrogens (primary N) is 1. The van der Waals surface area contributed by atoms with Crippen molar-refractivity contribution in [3.8, 4) is 0 Å². The molecule has 1 aromatic carbocycles. The van der Waals surface area contributed by atoms with Crippen molar-refractivity contribution in [2.45, 2.75) is 52.5 Å². The van der Waals surface area contributed by atoms with Gasteiger partial charge in [-0.3, -0.25) is 0 Å². The van der Waals surface area contributed by atoms with Crippen LogP contribution in [0.2, 0.25) is 0 Å². The molecule has 19 heavy (non-hydrogen) atoms. The predicted molar refractivity (Wildman–Crippen MR) is 73.8 cm³/mol. The average Bonchev–Trinajstić information content (AvgIpc) is 2.32. The van der Waals surface area contributed by atoms with Gasteiger partial charge in [0.05, 0.1) is 0 Å². The maximum Gasteiger partial charge on any atom is 0.130 e. The lowest BCUT2D eigenvalue weighted by molar-refractivity contribution is 0.111. The summed E-state index contributed by atoms with van der Waals surface area (Å²) in [4.78, 5) is 0. The lowest BCUT2D eigenvalue weighted by Crippen LogP contribution is -2.36. The van der Waals surface area contributed by atoms with Crippen LogP contribution in [0.15, 0.2) is 12.1 Å². The lowest BCUT2D eigenvalue weighted by Gasteiger charge is -2.42. The molecule has 1 fully saturated rings. The van der Waals surface area contributed by atoms with Crippen molar-refractivity contribution in [3.05, 3.63) is 34.9 Å². The molecule has 1 saturated carbocycles. The molecule has 0 spiro atoms. The predicted octanol–water partition coefficient (Wildman–Crippen LogP) is 4.49. The van der Waals surface area contributed by atoms with Gasteiger partial charge in [0.1, 0.15) is 11.6 Å². The SMILES string of the molecule is Cc1cc(C(N)C2CCCCC2(C)C)c(F)cc1F. The maximum absolute atomic E-state index is 14.0. The molecule has 0 amide bonds. The molecule has 0 radical (unpaired) electrons. The van der Waals surface area contributed by atoms with Crippen molar-refractivity contribution in [1.82, 2.24) is 0 Å². The highest BCUT2D eigenvalue weighted by atomic mass is 19.1. The van der Waals surface area contributed by atoms with Crippen LogP contribution in [-0.2, 0) is 0 Å². The molecular weight excluding hydrogens is 244 g/mol. The van der Waals surface area contributed by atoms with Gasteiger partial charge in [-0.2, -0.15) is 0 Å². The third kappa shape index (κ3) is 2.81. The van der Waals surface area contributed by atoms with E-state index >= 15 is 0 Å². The van der Waals surface area contributed by atoms with E-state index in [1.807, 2.05) is 0 Å². The van der Waals surface area contributed by atoms with Gasteiger partial charge in [-0.25, -0.2) is 8.78 Å². The normalized spacial score (nSPS) is 24.2. The van der Waals surface area contributed by atoms with Crippen LogP contribution in [0.1, 0.15) is 56.7 Å². The summed E-state index contributed by atoms with van der Waals surface area (Å²) in [5.41, 5.74) is 7.34. The third-order valence-electron chi connectivity index (χ3n) is 4.66. The standard InChI is InChI=1S/C16H23F2N/c1-10-8-11(14(18)9-13(10)17)15(19)12-6-4-5-7-16(12,2)3/h8-9,12,15H,4-7,19H2,1-3H3. The molecule has 1 aliphatic rings. The van der Waals surface area contributed by atoms with Gasteiger partial charge in [0, 0.05) is 17.7 Å². The van der Waals surface area contributed by atoms with Crippen molar-refractivity contribution >= 4 is 0 Å². The highest BCUT2D eigenvalue weighted by Crippen LogP contribution is 2.46. The first-order chi connectivity index (χ1) is 8.83.